The first-order valence-electron chi connectivity index (χ1n) is 6.43. The molecule has 1 aromatic heterocycles. The molecule has 1 aliphatic heterocycles. The van der Waals surface area contributed by atoms with E-state index in [1.54, 1.807) is 6.92 Å². The predicted molar refractivity (Wildman–Crippen MR) is 65.9 cm³/mol. The van der Waals surface area contributed by atoms with Crippen LogP contribution >= 0.6 is 0 Å². The Morgan fingerprint density at radius 3 is 2.76 bits per heavy atom. The highest BCUT2D eigenvalue weighted by Gasteiger charge is 2.19. The highest BCUT2D eigenvalue weighted by Crippen LogP contribution is 2.22. The van der Waals surface area contributed by atoms with Gasteiger partial charge in [-0.25, -0.2) is 0 Å². The number of aliphatic hydroxyl groups excluding tert-OH is 1. The summed E-state index contributed by atoms with van der Waals surface area (Å²) in [6.07, 6.45) is 3.36. The maximum absolute atomic E-state index is 9.72. The number of aryl methyl sites for hydroxylation is 1. The summed E-state index contributed by atoms with van der Waals surface area (Å²) in [6, 6.07) is 0. The van der Waals surface area contributed by atoms with Crippen molar-refractivity contribution in [1.29, 1.82) is 0 Å². The lowest BCUT2D eigenvalue weighted by Gasteiger charge is -2.23. The second-order valence-corrected chi connectivity index (χ2v) is 4.93. The fraction of sp³-hybridized carbons (Fsp3) is 0.769. The van der Waals surface area contributed by atoms with Crippen LogP contribution in [-0.4, -0.2) is 27.6 Å². The molecule has 2 atom stereocenters. The van der Waals surface area contributed by atoms with Crippen LogP contribution in [0, 0.1) is 13.8 Å². The molecule has 1 fully saturated rings. The van der Waals surface area contributed by atoms with Crippen LogP contribution in [0.1, 0.15) is 49.2 Å². The van der Waals surface area contributed by atoms with Gasteiger partial charge in [0.2, 0.25) is 0 Å². The van der Waals surface area contributed by atoms with E-state index < -0.39 is 6.10 Å². The van der Waals surface area contributed by atoms with Gasteiger partial charge in [0.25, 0.3) is 0 Å². The molecule has 4 heteroatoms. The van der Waals surface area contributed by atoms with E-state index in [4.69, 9.17) is 4.74 Å². The Morgan fingerprint density at radius 1 is 1.47 bits per heavy atom. The van der Waals surface area contributed by atoms with Gasteiger partial charge in [0.15, 0.2) is 0 Å². The zero-order valence-electron chi connectivity index (χ0n) is 10.9. The molecule has 0 bridgehead atoms. The van der Waals surface area contributed by atoms with Crippen LogP contribution in [0.15, 0.2) is 0 Å². The monoisotopic (exact) mass is 238 g/mol. The highest BCUT2D eigenvalue weighted by molar-refractivity contribution is 5.26. The van der Waals surface area contributed by atoms with Crippen LogP contribution < -0.4 is 0 Å². The van der Waals surface area contributed by atoms with E-state index in [-0.39, 0.29) is 6.10 Å². The largest absolute Gasteiger partial charge is 0.389 e. The van der Waals surface area contributed by atoms with Crippen LogP contribution in [0.3, 0.4) is 0 Å². The number of nitrogens with zero attached hydrogens (tertiary/aromatic N) is 2. The van der Waals surface area contributed by atoms with Crippen molar-refractivity contribution in [3.05, 3.63) is 17.0 Å². The minimum absolute atomic E-state index is 0.281. The molecule has 2 heterocycles. The van der Waals surface area contributed by atoms with Gasteiger partial charge in [-0.1, -0.05) is 0 Å². The molecule has 0 aliphatic carbocycles. The highest BCUT2D eigenvalue weighted by atomic mass is 16.5. The quantitative estimate of drug-likeness (QED) is 0.877. The molecule has 2 unspecified atom stereocenters. The first-order chi connectivity index (χ1) is 8.09. The number of aromatic nitrogens is 2. The molecule has 17 heavy (non-hydrogen) atoms. The van der Waals surface area contributed by atoms with Crippen LogP contribution in [0.5, 0.6) is 0 Å². The Bertz CT molecular complexity index is 379. The summed E-state index contributed by atoms with van der Waals surface area (Å²) >= 11 is 0. The van der Waals surface area contributed by atoms with Crippen LogP contribution in [-0.2, 0) is 11.3 Å². The minimum Gasteiger partial charge on any atom is -0.389 e. The Kier molecular flexibility index (Phi) is 3.84. The van der Waals surface area contributed by atoms with E-state index in [0.29, 0.717) is 0 Å². The summed E-state index contributed by atoms with van der Waals surface area (Å²) in [7, 11) is 0. The van der Waals surface area contributed by atoms with E-state index in [0.717, 1.165) is 36.5 Å². The molecule has 2 rings (SSSR count). The summed E-state index contributed by atoms with van der Waals surface area (Å²) in [6.45, 7) is 7.43. The van der Waals surface area contributed by atoms with Crippen molar-refractivity contribution < 1.29 is 9.84 Å². The Hall–Kier alpha value is -0.870. The van der Waals surface area contributed by atoms with E-state index in [9.17, 15) is 5.11 Å². The number of rotatable bonds is 3. The van der Waals surface area contributed by atoms with Crippen molar-refractivity contribution in [3.8, 4) is 0 Å². The fourth-order valence-corrected chi connectivity index (χ4v) is 2.64. The van der Waals surface area contributed by atoms with Gasteiger partial charge >= 0.3 is 0 Å². The van der Waals surface area contributed by atoms with Crippen LogP contribution in [0.4, 0.5) is 0 Å². The Morgan fingerprint density at radius 2 is 2.24 bits per heavy atom. The molecule has 96 valence electrons. The van der Waals surface area contributed by atoms with Gasteiger partial charge in [-0.3, -0.25) is 4.68 Å². The van der Waals surface area contributed by atoms with Crippen LogP contribution in [0.2, 0.25) is 0 Å². The molecule has 1 aliphatic rings. The Balaban J connectivity index is 2.13. The third-order valence-electron chi connectivity index (χ3n) is 3.51. The van der Waals surface area contributed by atoms with Gasteiger partial charge in [-0.2, -0.15) is 5.10 Å². The summed E-state index contributed by atoms with van der Waals surface area (Å²) in [4.78, 5) is 0. The first-order valence-corrected chi connectivity index (χ1v) is 6.43. The van der Waals surface area contributed by atoms with Gasteiger partial charge in [0.1, 0.15) is 0 Å². The first kappa shape index (κ1) is 12.6. The van der Waals surface area contributed by atoms with Crippen molar-refractivity contribution in [3.63, 3.8) is 0 Å². The minimum atomic E-state index is -0.448. The number of hydrogen-bond donors (Lipinski definition) is 1. The second-order valence-electron chi connectivity index (χ2n) is 4.93. The average molecular weight is 238 g/mol. The summed E-state index contributed by atoms with van der Waals surface area (Å²) in [5, 5.41) is 14.2. The molecule has 0 radical (unpaired) electrons. The third-order valence-corrected chi connectivity index (χ3v) is 3.51. The van der Waals surface area contributed by atoms with Gasteiger partial charge < -0.3 is 9.84 Å². The van der Waals surface area contributed by atoms with E-state index in [2.05, 4.69) is 5.10 Å². The molecule has 1 N–H and O–H groups in total. The van der Waals surface area contributed by atoms with E-state index in [1.165, 1.54) is 12.8 Å². The molecule has 1 aromatic rings. The SMILES string of the molecule is Cc1nn(CC2CCCCO2)c(C)c1C(C)O. The van der Waals surface area contributed by atoms with Crippen molar-refractivity contribution >= 4 is 0 Å². The standard InChI is InChI=1S/C13H22N2O2/c1-9-13(11(3)16)10(2)15(14-9)8-12-6-4-5-7-17-12/h11-12,16H,4-8H2,1-3H3. The Labute approximate surface area is 103 Å². The zero-order chi connectivity index (χ0) is 12.4. The smallest absolute Gasteiger partial charge is 0.0797 e. The van der Waals surface area contributed by atoms with Crippen molar-refractivity contribution in [2.75, 3.05) is 6.61 Å². The number of hydrogen-bond acceptors (Lipinski definition) is 3. The maximum Gasteiger partial charge on any atom is 0.0797 e. The molecule has 0 aromatic carbocycles. The molecule has 4 nitrogen and oxygen atoms in total. The second kappa shape index (κ2) is 5.19. The lowest BCUT2D eigenvalue weighted by Crippen LogP contribution is -2.25. The lowest BCUT2D eigenvalue weighted by atomic mass is 10.1. The molecule has 0 amide bonds. The van der Waals surface area contributed by atoms with Gasteiger partial charge in [0, 0.05) is 17.9 Å². The number of ether oxygens (including phenoxy) is 1. The molecule has 0 spiro atoms. The molecular formula is C13H22N2O2. The maximum atomic E-state index is 9.72. The van der Waals surface area contributed by atoms with Crippen molar-refractivity contribution in [2.24, 2.45) is 0 Å². The summed E-state index contributed by atoms with van der Waals surface area (Å²) in [5.74, 6) is 0. The zero-order valence-corrected chi connectivity index (χ0v) is 10.9. The van der Waals surface area contributed by atoms with E-state index >= 15 is 0 Å². The van der Waals surface area contributed by atoms with Crippen molar-refractivity contribution in [1.82, 2.24) is 9.78 Å². The molecule has 1 saturated heterocycles. The lowest BCUT2D eigenvalue weighted by molar-refractivity contribution is 0.00356. The van der Waals surface area contributed by atoms with Gasteiger partial charge in [-0.15, -0.1) is 0 Å². The van der Waals surface area contributed by atoms with E-state index in [1.807, 2.05) is 18.5 Å². The third kappa shape index (κ3) is 2.69. The normalized spacial score (nSPS) is 22.7. The molecule has 0 saturated carbocycles. The summed E-state index contributed by atoms with van der Waals surface area (Å²) in [5.41, 5.74) is 2.95. The average Bonchev–Trinajstić information content (AvgIpc) is 2.55. The van der Waals surface area contributed by atoms with Crippen LogP contribution in [0.25, 0.3) is 0 Å². The fourth-order valence-electron chi connectivity index (χ4n) is 2.64. The van der Waals surface area contributed by atoms with Gasteiger partial charge in [-0.05, 0) is 40.0 Å². The topological polar surface area (TPSA) is 47.3 Å². The predicted octanol–water partition coefficient (Wildman–Crippen LogP) is 2.12. The van der Waals surface area contributed by atoms with Gasteiger partial charge in [0.05, 0.1) is 24.4 Å². The number of aliphatic hydroxyl groups is 1. The summed E-state index contributed by atoms with van der Waals surface area (Å²) < 4.78 is 7.70. The molecular weight excluding hydrogens is 216 g/mol. The van der Waals surface area contributed by atoms with Crippen molar-refractivity contribution in [2.45, 2.75) is 58.8 Å².